The molecule has 0 amide bonds. The summed E-state index contributed by atoms with van der Waals surface area (Å²) in [6.07, 6.45) is 7.06. The number of fused-ring (bicyclic) bond motifs is 1. The van der Waals surface area contributed by atoms with Gasteiger partial charge in [-0.05, 0) is 61.6 Å². The number of hydrogen-bond donors (Lipinski definition) is 1. The Kier molecular flexibility index (Phi) is 5.72. The van der Waals surface area contributed by atoms with E-state index in [1.165, 1.54) is 31.6 Å². The number of benzene rings is 2. The Hall–Kier alpha value is -3.83. The molecule has 2 aromatic carbocycles. The first-order valence-corrected chi connectivity index (χ1v) is 11.1. The molecule has 0 saturated heterocycles. The summed E-state index contributed by atoms with van der Waals surface area (Å²) in [5, 5.41) is 9.84. The molecule has 1 fully saturated rings. The van der Waals surface area contributed by atoms with Crippen molar-refractivity contribution in [3.8, 4) is 34.2 Å². The van der Waals surface area contributed by atoms with Crippen LogP contribution in [0, 0.1) is 23.0 Å². The molecule has 8 heteroatoms. The lowest BCUT2D eigenvalue weighted by molar-refractivity contribution is 0.329. The summed E-state index contributed by atoms with van der Waals surface area (Å²) in [7, 11) is 1.41. The van der Waals surface area contributed by atoms with Gasteiger partial charge in [-0.3, -0.25) is 0 Å². The normalized spacial score (nSPS) is 18.1. The van der Waals surface area contributed by atoms with E-state index in [9.17, 15) is 8.78 Å². The third-order valence-corrected chi connectivity index (χ3v) is 6.57. The molecule has 1 saturated carbocycles. The van der Waals surface area contributed by atoms with Gasteiger partial charge in [0.15, 0.2) is 11.6 Å². The molecule has 34 heavy (non-hydrogen) atoms. The van der Waals surface area contributed by atoms with Crippen molar-refractivity contribution in [2.75, 3.05) is 7.11 Å². The Morgan fingerprint density at radius 1 is 1.03 bits per heavy atom. The van der Waals surface area contributed by atoms with Gasteiger partial charge in [0.25, 0.3) is 0 Å². The van der Waals surface area contributed by atoms with Crippen LogP contribution in [0.4, 0.5) is 8.78 Å². The Labute approximate surface area is 195 Å². The first-order valence-electron chi connectivity index (χ1n) is 11.1. The zero-order valence-electron chi connectivity index (χ0n) is 18.6. The summed E-state index contributed by atoms with van der Waals surface area (Å²) in [6.45, 7) is 0. The third kappa shape index (κ3) is 3.78. The molecule has 4 aromatic rings. The fourth-order valence-electron chi connectivity index (χ4n) is 4.77. The van der Waals surface area contributed by atoms with Crippen LogP contribution < -0.4 is 10.5 Å². The number of rotatable bonds is 4. The zero-order chi connectivity index (χ0) is 23.8. The van der Waals surface area contributed by atoms with E-state index >= 15 is 0 Å². The number of nitrogens with two attached hydrogens (primary N) is 1. The van der Waals surface area contributed by atoms with Gasteiger partial charge in [-0.1, -0.05) is 6.07 Å². The lowest BCUT2D eigenvalue weighted by atomic mass is 9.92. The van der Waals surface area contributed by atoms with Crippen LogP contribution in [0.3, 0.4) is 0 Å². The fourth-order valence-corrected chi connectivity index (χ4v) is 4.77. The highest BCUT2D eigenvalue weighted by atomic mass is 19.1. The van der Waals surface area contributed by atoms with Crippen LogP contribution in [0.1, 0.15) is 37.3 Å². The number of hydrogen-bond acceptors (Lipinski definition) is 5. The molecule has 2 heterocycles. The van der Waals surface area contributed by atoms with Crippen molar-refractivity contribution in [2.45, 2.75) is 37.8 Å². The molecular formula is C26H23F2N5O. The van der Waals surface area contributed by atoms with E-state index in [0.29, 0.717) is 27.9 Å². The van der Waals surface area contributed by atoms with Gasteiger partial charge in [0, 0.05) is 29.4 Å². The Balaban J connectivity index is 1.75. The van der Waals surface area contributed by atoms with Crippen LogP contribution in [-0.4, -0.2) is 27.7 Å². The lowest BCUT2D eigenvalue weighted by Crippen LogP contribution is -2.27. The van der Waals surface area contributed by atoms with E-state index in [4.69, 9.17) is 15.7 Å². The molecule has 0 bridgehead atoms. The minimum Gasteiger partial charge on any atom is -0.494 e. The van der Waals surface area contributed by atoms with Crippen LogP contribution in [-0.2, 0) is 0 Å². The van der Waals surface area contributed by atoms with Crippen molar-refractivity contribution in [3.63, 3.8) is 0 Å². The first-order chi connectivity index (χ1) is 16.5. The molecule has 0 spiro atoms. The maximum atomic E-state index is 14.6. The molecule has 1 aliphatic rings. The van der Waals surface area contributed by atoms with E-state index < -0.39 is 11.6 Å². The largest absolute Gasteiger partial charge is 0.494 e. The molecule has 2 N–H and O–H groups in total. The molecule has 0 aliphatic heterocycles. The third-order valence-electron chi connectivity index (χ3n) is 6.57. The highest BCUT2D eigenvalue weighted by Gasteiger charge is 2.25. The van der Waals surface area contributed by atoms with E-state index in [1.54, 1.807) is 18.2 Å². The minimum atomic E-state index is -0.599. The van der Waals surface area contributed by atoms with E-state index in [1.807, 2.05) is 12.3 Å². The standard InChI is InChI=1S/C26H23F2N5O/c1-34-23-9-4-16(11-22(23)28)25-24-20(15-2-3-17(12-29)21(27)10-15)13-33(26(24)32-14-31-25)19-7-5-18(30)6-8-19/h2-4,9-11,13-14,18-19H,5-8,30H2,1H3. The summed E-state index contributed by atoms with van der Waals surface area (Å²) in [4.78, 5) is 9.06. The Morgan fingerprint density at radius 2 is 1.76 bits per heavy atom. The van der Waals surface area contributed by atoms with Gasteiger partial charge in [0.05, 0.1) is 23.8 Å². The molecule has 6 nitrogen and oxygen atoms in total. The second-order valence-electron chi connectivity index (χ2n) is 8.60. The van der Waals surface area contributed by atoms with Crippen molar-refractivity contribution in [2.24, 2.45) is 5.73 Å². The molecule has 0 radical (unpaired) electrons. The quantitative estimate of drug-likeness (QED) is 0.443. The molecule has 5 rings (SSSR count). The number of ether oxygens (including phenoxy) is 1. The van der Waals surface area contributed by atoms with Crippen molar-refractivity contribution in [1.29, 1.82) is 5.26 Å². The van der Waals surface area contributed by atoms with Crippen molar-refractivity contribution in [1.82, 2.24) is 14.5 Å². The van der Waals surface area contributed by atoms with Gasteiger partial charge in [0.1, 0.15) is 23.9 Å². The molecular weight excluding hydrogens is 436 g/mol. The topological polar surface area (TPSA) is 89.8 Å². The molecule has 0 atom stereocenters. The highest BCUT2D eigenvalue weighted by molar-refractivity contribution is 6.03. The number of aromatic nitrogens is 3. The predicted octanol–water partition coefficient (Wildman–Crippen LogP) is 5.37. The Bertz CT molecular complexity index is 1420. The summed E-state index contributed by atoms with van der Waals surface area (Å²) < 4.78 is 36.3. The number of nitrogens with zero attached hydrogens (tertiary/aromatic N) is 4. The van der Waals surface area contributed by atoms with Crippen LogP contribution >= 0.6 is 0 Å². The van der Waals surface area contributed by atoms with Gasteiger partial charge >= 0.3 is 0 Å². The van der Waals surface area contributed by atoms with Crippen molar-refractivity contribution < 1.29 is 13.5 Å². The maximum absolute atomic E-state index is 14.6. The van der Waals surface area contributed by atoms with Crippen LogP contribution in [0.15, 0.2) is 48.9 Å². The number of halogens is 2. The van der Waals surface area contributed by atoms with Crippen molar-refractivity contribution in [3.05, 3.63) is 66.1 Å². The van der Waals surface area contributed by atoms with Crippen LogP contribution in [0.2, 0.25) is 0 Å². The van der Waals surface area contributed by atoms with Crippen LogP contribution in [0.5, 0.6) is 5.75 Å². The second kappa shape index (κ2) is 8.84. The highest BCUT2D eigenvalue weighted by Crippen LogP contribution is 2.40. The van der Waals surface area contributed by atoms with E-state index in [0.717, 1.165) is 31.2 Å². The van der Waals surface area contributed by atoms with Gasteiger partial charge in [-0.25, -0.2) is 18.7 Å². The average molecular weight is 460 g/mol. The van der Waals surface area contributed by atoms with Crippen LogP contribution in [0.25, 0.3) is 33.4 Å². The predicted molar refractivity (Wildman–Crippen MR) is 125 cm³/mol. The van der Waals surface area contributed by atoms with Gasteiger partial charge < -0.3 is 15.0 Å². The molecule has 172 valence electrons. The van der Waals surface area contributed by atoms with Gasteiger partial charge in [0.2, 0.25) is 0 Å². The summed E-state index contributed by atoms with van der Waals surface area (Å²) in [6, 6.07) is 11.4. The summed E-state index contributed by atoms with van der Waals surface area (Å²) in [5.41, 5.74) is 9.20. The molecule has 1 aliphatic carbocycles. The SMILES string of the molecule is COc1ccc(-c2ncnc3c2c(-c2ccc(C#N)c(F)c2)cn3C2CCC(N)CC2)cc1F. The van der Waals surface area contributed by atoms with E-state index in [-0.39, 0.29) is 23.4 Å². The van der Waals surface area contributed by atoms with Crippen molar-refractivity contribution >= 4 is 11.0 Å². The monoisotopic (exact) mass is 459 g/mol. The number of nitriles is 1. The Morgan fingerprint density at radius 3 is 2.44 bits per heavy atom. The second-order valence-corrected chi connectivity index (χ2v) is 8.60. The average Bonchev–Trinajstić information content (AvgIpc) is 3.24. The minimum absolute atomic E-state index is 0.0255. The summed E-state index contributed by atoms with van der Waals surface area (Å²) in [5.74, 6) is -0.962. The molecule has 2 aromatic heterocycles. The maximum Gasteiger partial charge on any atom is 0.165 e. The first kappa shape index (κ1) is 22.0. The smallest absolute Gasteiger partial charge is 0.165 e. The van der Waals surface area contributed by atoms with Gasteiger partial charge in [-0.2, -0.15) is 5.26 Å². The van der Waals surface area contributed by atoms with Gasteiger partial charge in [-0.15, -0.1) is 0 Å². The number of methoxy groups -OCH3 is 1. The molecule has 0 unspecified atom stereocenters. The zero-order valence-corrected chi connectivity index (χ0v) is 18.6. The lowest BCUT2D eigenvalue weighted by Gasteiger charge is -2.27. The summed E-state index contributed by atoms with van der Waals surface area (Å²) >= 11 is 0. The fraction of sp³-hybridized carbons (Fsp3) is 0.269. The van der Waals surface area contributed by atoms with E-state index in [2.05, 4.69) is 14.5 Å².